The summed E-state index contributed by atoms with van der Waals surface area (Å²) < 4.78 is 9.93. The molecular weight excluding hydrogens is 606 g/mol. The van der Waals surface area contributed by atoms with Gasteiger partial charge >= 0.3 is 11.9 Å². The van der Waals surface area contributed by atoms with Gasteiger partial charge in [-0.05, 0) is 98.2 Å². The van der Waals surface area contributed by atoms with Crippen LogP contribution in [0.3, 0.4) is 0 Å². The third-order valence-electron chi connectivity index (χ3n) is 10.1. The predicted octanol–water partition coefficient (Wildman–Crippen LogP) is 6.85. The molecule has 0 aromatic carbocycles. The summed E-state index contributed by atoms with van der Waals surface area (Å²) in [5.41, 5.74) is 11.3. The summed E-state index contributed by atoms with van der Waals surface area (Å²) in [6.07, 6.45) is 2.52. The molecule has 48 heavy (non-hydrogen) atoms. The Hall–Kier alpha value is -4.73. The molecule has 5 rings (SSSR count). The predicted molar refractivity (Wildman–Crippen MR) is 188 cm³/mol. The molecule has 3 aromatic heterocycles. The number of amides is 1. The number of esters is 2. The van der Waals surface area contributed by atoms with Crippen LogP contribution in [0, 0.1) is 13.8 Å². The van der Waals surface area contributed by atoms with Gasteiger partial charge in [0.2, 0.25) is 5.91 Å². The number of carbonyl (C=O) groups excluding carboxylic acids is 3. The molecule has 0 radical (unpaired) electrons. The van der Waals surface area contributed by atoms with E-state index in [9.17, 15) is 14.4 Å². The first kappa shape index (κ1) is 34.6. The van der Waals surface area contributed by atoms with E-state index in [1.807, 2.05) is 26.0 Å². The summed E-state index contributed by atoms with van der Waals surface area (Å²) in [4.78, 5) is 56.9. The number of allylic oxidation sites excluding steroid dienone is 2. The molecule has 2 aliphatic heterocycles. The highest BCUT2D eigenvalue weighted by Gasteiger charge is 2.44. The normalized spacial score (nSPS) is 17.4. The second kappa shape index (κ2) is 13.8. The van der Waals surface area contributed by atoms with Crippen molar-refractivity contribution in [2.24, 2.45) is 0 Å². The monoisotopic (exact) mass is 653 g/mol. The molecule has 3 aromatic rings. The van der Waals surface area contributed by atoms with Gasteiger partial charge in [-0.1, -0.05) is 13.8 Å². The minimum atomic E-state index is -0.533. The molecule has 8 bridgehead atoms. The molecule has 0 fully saturated rings. The maximum Gasteiger partial charge on any atom is 0.305 e. The Kier molecular flexibility index (Phi) is 9.94. The van der Waals surface area contributed by atoms with Crippen LogP contribution in [-0.2, 0) is 35.7 Å². The van der Waals surface area contributed by atoms with E-state index >= 15 is 0 Å². The number of nitrogens with one attached hydrogen (secondary N) is 2. The molecular formula is C38H47N5O5. The molecule has 0 saturated heterocycles. The first-order valence-corrected chi connectivity index (χ1v) is 16.6. The summed E-state index contributed by atoms with van der Waals surface area (Å²) in [5.74, 6) is -0.526. The van der Waals surface area contributed by atoms with Crippen LogP contribution in [0.2, 0.25) is 0 Å². The number of hydrogen-bond acceptors (Lipinski definition) is 7. The maximum atomic E-state index is 13.2. The van der Waals surface area contributed by atoms with Crippen LogP contribution in [0.4, 0.5) is 0 Å². The smallest absolute Gasteiger partial charge is 0.305 e. The fraction of sp³-hybridized carbons (Fsp3) is 0.447. The number of carbonyl (C=O) groups is 3. The summed E-state index contributed by atoms with van der Waals surface area (Å²) in [6, 6.07) is 10.3. The quantitative estimate of drug-likeness (QED) is 0.242. The lowest BCUT2D eigenvalue weighted by Gasteiger charge is -2.31. The first-order valence-electron chi connectivity index (χ1n) is 16.6. The highest BCUT2D eigenvalue weighted by Crippen LogP contribution is 2.47. The summed E-state index contributed by atoms with van der Waals surface area (Å²) in [6.45, 7) is 10.4. The number of hydrogen-bond donors (Lipinski definition) is 2. The van der Waals surface area contributed by atoms with Gasteiger partial charge in [0.15, 0.2) is 0 Å². The third kappa shape index (κ3) is 6.66. The number of aryl methyl sites for hydroxylation is 3. The van der Waals surface area contributed by atoms with E-state index in [-0.39, 0.29) is 36.6 Å². The van der Waals surface area contributed by atoms with Crippen molar-refractivity contribution in [1.82, 2.24) is 24.8 Å². The average molecular weight is 654 g/mol. The highest BCUT2D eigenvalue weighted by atomic mass is 16.5. The molecule has 0 saturated carbocycles. The van der Waals surface area contributed by atoms with Crippen molar-refractivity contribution >= 4 is 51.1 Å². The molecule has 2 aliphatic rings. The van der Waals surface area contributed by atoms with Crippen LogP contribution in [0.5, 0.6) is 0 Å². The Balaban J connectivity index is 1.86. The summed E-state index contributed by atoms with van der Waals surface area (Å²) >= 11 is 0. The second-order valence-electron chi connectivity index (χ2n) is 13.4. The average Bonchev–Trinajstić information content (AvgIpc) is 3.71. The van der Waals surface area contributed by atoms with Gasteiger partial charge in [0, 0.05) is 78.1 Å². The van der Waals surface area contributed by atoms with Crippen molar-refractivity contribution in [3.8, 4) is 0 Å². The number of nitrogens with zero attached hydrogens (tertiary/aromatic N) is 3. The SMILES string of the molecule is CC[C@@H]1c2cc3[nH]c(cc4nc(cc5[nH]c(cc(n2)[C@]1(C)CC(=O)N(C)C)cc5C)C(C)=C4CCC(=O)OC)c(CCC(=O)OC)c3C. The van der Waals surface area contributed by atoms with Crippen molar-refractivity contribution in [3.05, 3.63) is 69.8 Å². The van der Waals surface area contributed by atoms with Crippen molar-refractivity contribution in [2.45, 2.75) is 84.5 Å². The van der Waals surface area contributed by atoms with Gasteiger partial charge in [-0.2, -0.15) is 0 Å². The van der Waals surface area contributed by atoms with E-state index in [0.717, 1.165) is 79.1 Å². The largest absolute Gasteiger partial charge is 0.469 e. The molecule has 254 valence electrons. The van der Waals surface area contributed by atoms with Crippen molar-refractivity contribution < 1.29 is 23.9 Å². The molecule has 0 unspecified atom stereocenters. The molecule has 2 atom stereocenters. The van der Waals surface area contributed by atoms with Gasteiger partial charge in [-0.15, -0.1) is 0 Å². The molecule has 1 amide bonds. The number of methoxy groups -OCH3 is 2. The van der Waals surface area contributed by atoms with Crippen LogP contribution >= 0.6 is 0 Å². The number of aromatic amines is 2. The van der Waals surface area contributed by atoms with Crippen LogP contribution in [0.25, 0.3) is 33.2 Å². The molecule has 2 N–H and O–H groups in total. The zero-order valence-corrected chi connectivity index (χ0v) is 29.6. The van der Waals surface area contributed by atoms with E-state index in [2.05, 4.69) is 48.9 Å². The van der Waals surface area contributed by atoms with E-state index in [1.54, 1.807) is 19.0 Å². The summed E-state index contributed by atoms with van der Waals surface area (Å²) in [5, 5.41) is 0. The van der Waals surface area contributed by atoms with Gasteiger partial charge < -0.3 is 24.3 Å². The van der Waals surface area contributed by atoms with Gasteiger partial charge in [-0.3, -0.25) is 19.4 Å². The number of fused-ring (bicyclic) bond motifs is 8. The van der Waals surface area contributed by atoms with Crippen LogP contribution in [0.1, 0.15) is 98.3 Å². The minimum absolute atomic E-state index is 0.00877. The number of rotatable bonds is 9. The van der Waals surface area contributed by atoms with Gasteiger partial charge in [-0.25, -0.2) is 4.98 Å². The standard InChI is InChI=1S/C38H47N5O5/c1-10-27-33-18-30-23(4)26(12-14-37(46)48-9)32(41-30)19-31-25(11-13-36(45)47-8)22(3)29(40-31)17-28-21(2)15-24(39-28)16-34(42-33)38(27,5)20-35(44)43(6)7/h15-19,27,39,41H,10-14,20H2,1-9H3/t27-,38-/m1/s1. The van der Waals surface area contributed by atoms with E-state index in [0.29, 0.717) is 19.3 Å². The fourth-order valence-corrected chi connectivity index (χ4v) is 7.05. The fourth-order valence-electron chi connectivity index (χ4n) is 7.05. The Bertz CT molecular complexity index is 1970. The lowest BCUT2D eigenvalue weighted by molar-refractivity contribution is -0.141. The highest BCUT2D eigenvalue weighted by molar-refractivity contribution is 5.94. The van der Waals surface area contributed by atoms with Crippen LogP contribution in [-0.4, -0.2) is 71.0 Å². The number of H-pyrrole nitrogens is 2. The van der Waals surface area contributed by atoms with E-state index in [4.69, 9.17) is 19.4 Å². The molecule has 0 aliphatic carbocycles. The van der Waals surface area contributed by atoms with Gasteiger partial charge in [0.25, 0.3) is 0 Å². The van der Waals surface area contributed by atoms with Crippen molar-refractivity contribution in [3.63, 3.8) is 0 Å². The van der Waals surface area contributed by atoms with Crippen molar-refractivity contribution in [1.29, 1.82) is 0 Å². The lowest BCUT2D eigenvalue weighted by Crippen LogP contribution is -2.34. The number of aromatic nitrogens is 4. The number of ether oxygens (including phenoxy) is 2. The Morgan fingerprint density at radius 2 is 1.52 bits per heavy atom. The van der Waals surface area contributed by atoms with Gasteiger partial charge in [0.1, 0.15) is 0 Å². The molecule has 0 spiro atoms. The first-order chi connectivity index (χ1) is 22.8. The van der Waals surface area contributed by atoms with Gasteiger partial charge in [0.05, 0.1) is 25.6 Å². The Morgan fingerprint density at radius 1 is 0.854 bits per heavy atom. The van der Waals surface area contributed by atoms with Crippen molar-refractivity contribution in [2.75, 3.05) is 28.3 Å². The topological polar surface area (TPSA) is 130 Å². The van der Waals surface area contributed by atoms with E-state index in [1.165, 1.54) is 14.2 Å². The summed E-state index contributed by atoms with van der Waals surface area (Å²) in [7, 11) is 6.38. The third-order valence-corrected chi connectivity index (χ3v) is 10.1. The molecule has 10 nitrogen and oxygen atoms in total. The molecule has 10 heteroatoms. The Labute approximate surface area is 282 Å². The second-order valence-corrected chi connectivity index (χ2v) is 13.4. The zero-order chi connectivity index (χ0) is 34.9. The lowest BCUT2D eigenvalue weighted by atomic mass is 9.71. The molecule has 5 heterocycles. The van der Waals surface area contributed by atoms with E-state index < -0.39 is 5.41 Å². The zero-order valence-electron chi connectivity index (χ0n) is 29.6. The maximum absolute atomic E-state index is 13.2. The minimum Gasteiger partial charge on any atom is -0.469 e. The van der Waals surface area contributed by atoms with Crippen LogP contribution < -0.4 is 0 Å². The van der Waals surface area contributed by atoms with Crippen LogP contribution in [0.15, 0.2) is 30.3 Å². The Morgan fingerprint density at radius 3 is 2.17 bits per heavy atom.